The molecular weight excluding hydrogens is 312 g/mol. The highest BCUT2D eigenvalue weighted by molar-refractivity contribution is 5.80. The molecule has 0 aliphatic carbocycles. The number of amides is 1. The van der Waals surface area contributed by atoms with E-state index in [-0.39, 0.29) is 24.1 Å². The molecule has 1 aromatic carbocycles. The largest absolute Gasteiger partial charge is 0.471 e. The molecule has 2 aromatic rings. The Bertz CT molecular complexity index is 738. The number of benzene rings is 1. The summed E-state index contributed by atoms with van der Waals surface area (Å²) in [5.74, 6) is 0.282. The van der Waals surface area contributed by atoms with Crippen LogP contribution in [-0.2, 0) is 11.2 Å². The fourth-order valence-electron chi connectivity index (χ4n) is 2.68. The molecule has 0 radical (unpaired) electrons. The Hall–Kier alpha value is -3.03. The number of para-hydroxylation sites is 1. The van der Waals surface area contributed by atoms with Crippen LogP contribution in [0.4, 0.5) is 5.69 Å². The Morgan fingerprint density at radius 2 is 2.21 bits per heavy atom. The van der Waals surface area contributed by atoms with Crippen LogP contribution in [-0.4, -0.2) is 44.9 Å². The second-order valence-electron chi connectivity index (χ2n) is 5.47. The number of likely N-dealkylation sites (tertiary alicyclic amines) is 1. The van der Waals surface area contributed by atoms with Gasteiger partial charge in [-0.2, -0.15) is 0 Å². The molecule has 2 heterocycles. The summed E-state index contributed by atoms with van der Waals surface area (Å²) in [4.78, 5) is 32.6. The minimum atomic E-state index is -0.466. The molecule has 0 bridgehead atoms. The highest BCUT2D eigenvalue weighted by atomic mass is 16.6. The van der Waals surface area contributed by atoms with Gasteiger partial charge in [0.05, 0.1) is 24.1 Å². The van der Waals surface area contributed by atoms with Crippen molar-refractivity contribution in [2.24, 2.45) is 0 Å². The van der Waals surface area contributed by atoms with Crippen LogP contribution in [0.3, 0.4) is 0 Å². The number of aromatic nitrogens is 2. The number of nitro benzene ring substituents is 1. The zero-order valence-electron chi connectivity index (χ0n) is 12.9. The van der Waals surface area contributed by atoms with E-state index in [1.54, 1.807) is 35.5 Å². The number of nitrogens with zero attached hydrogens (tertiary/aromatic N) is 4. The summed E-state index contributed by atoms with van der Waals surface area (Å²) in [6, 6.07) is 6.30. The fourth-order valence-corrected chi connectivity index (χ4v) is 2.68. The Kier molecular flexibility index (Phi) is 4.64. The molecule has 1 fully saturated rings. The molecule has 24 heavy (non-hydrogen) atoms. The summed E-state index contributed by atoms with van der Waals surface area (Å²) in [6.07, 6.45) is 5.19. The van der Waals surface area contributed by atoms with Gasteiger partial charge in [-0.15, -0.1) is 0 Å². The molecule has 3 rings (SSSR count). The molecular formula is C16H16N4O4. The first-order chi connectivity index (χ1) is 11.6. The van der Waals surface area contributed by atoms with Crippen LogP contribution >= 0.6 is 0 Å². The first kappa shape index (κ1) is 15.9. The Morgan fingerprint density at radius 1 is 1.38 bits per heavy atom. The second kappa shape index (κ2) is 7.03. The number of nitro groups is 1. The van der Waals surface area contributed by atoms with Crippen molar-refractivity contribution in [1.82, 2.24) is 14.9 Å². The van der Waals surface area contributed by atoms with Gasteiger partial charge >= 0.3 is 0 Å². The van der Waals surface area contributed by atoms with E-state index < -0.39 is 4.92 Å². The van der Waals surface area contributed by atoms with Crippen LogP contribution in [0.25, 0.3) is 0 Å². The lowest BCUT2D eigenvalue weighted by atomic mass is 10.1. The predicted octanol–water partition coefficient (Wildman–Crippen LogP) is 1.61. The van der Waals surface area contributed by atoms with E-state index in [0.29, 0.717) is 31.0 Å². The van der Waals surface area contributed by atoms with Crippen LogP contribution in [0, 0.1) is 10.1 Å². The third kappa shape index (κ3) is 3.65. The summed E-state index contributed by atoms with van der Waals surface area (Å²) < 4.78 is 5.69. The maximum Gasteiger partial charge on any atom is 0.273 e. The van der Waals surface area contributed by atoms with Crippen molar-refractivity contribution in [2.45, 2.75) is 18.9 Å². The van der Waals surface area contributed by atoms with Crippen molar-refractivity contribution < 1.29 is 14.5 Å². The van der Waals surface area contributed by atoms with Gasteiger partial charge < -0.3 is 9.64 Å². The minimum Gasteiger partial charge on any atom is -0.471 e. The third-order valence-electron chi connectivity index (χ3n) is 3.85. The lowest BCUT2D eigenvalue weighted by Crippen LogP contribution is -2.32. The molecule has 1 amide bonds. The van der Waals surface area contributed by atoms with Gasteiger partial charge in [0, 0.05) is 37.0 Å². The van der Waals surface area contributed by atoms with E-state index in [1.807, 2.05) is 0 Å². The van der Waals surface area contributed by atoms with Gasteiger partial charge in [-0.3, -0.25) is 19.9 Å². The quantitative estimate of drug-likeness (QED) is 0.611. The molecule has 1 atom stereocenters. The van der Waals surface area contributed by atoms with Crippen molar-refractivity contribution in [3.05, 3.63) is 58.5 Å². The molecule has 1 aromatic heterocycles. The molecule has 1 aliphatic heterocycles. The standard InChI is InChI=1S/C16H16N4O4/c21-16(9-12-3-1-2-4-14(12)20(22)23)19-8-5-13(11-19)24-15-10-17-6-7-18-15/h1-4,6-7,10,13H,5,8-9,11H2. The van der Waals surface area contributed by atoms with Crippen molar-refractivity contribution in [2.75, 3.05) is 13.1 Å². The van der Waals surface area contributed by atoms with Crippen LogP contribution in [0.2, 0.25) is 0 Å². The summed E-state index contributed by atoms with van der Waals surface area (Å²) in [5.41, 5.74) is 0.392. The number of hydrogen-bond acceptors (Lipinski definition) is 6. The van der Waals surface area contributed by atoms with E-state index in [4.69, 9.17) is 4.74 Å². The van der Waals surface area contributed by atoms with Gasteiger partial charge in [-0.1, -0.05) is 18.2 Å². The smallest absolute Gasteiger partial charge is 0.273 e. The zero-order valence-corrected chi connectivity index (χ0v) is 12.9. The van der Waals surface area contributed by atoms with Gasteiger partial charge in [-0.05, 0) is 0 Å². The fraction of sp³-hybridized carbons (Fsp3) is 0.312. The minimum absolute atomic E-state index is 0.00894. The van der Waals surface area contributed by atoms with E-state index in [0.717, 1.165) is 0 Å². The van der Waals surface area contributed by atoms with Crippen molar-refractivity contribution in [3.8, 4) is 5.88 Å². The molecule has 0 spiro atoms. The Morgan fingerprint density at radius 3 is 2.96 bits per heavy atom. The summed E-state index contributed by atoms with van der Waals surface area (Å²) >= 11 is 0. The molecule has 8 heteroatoms. The third-order valence-corrected chi connectivity index (χ3v) is 3.85. The lowest BCUT2D eigenvalue weighted by Gasteiger charge is -2.17. The number of rotatable bonds is 5. The number of carbonyl (C=O) groups is 1. The van der Waals surface area contributed by atoms with E-state index in [9.17, 15) is 14.9 Å². The maximum atomic E-state index is 12.4. The van der Waals surface area contributed by atoms with E-state index in [1.165, 1.54) is 12.3 Å². The summed E-state index contributed by atoms with van der Waals surface area (Å²) in [5, 5.41) is 11.0. The average molecular weight is 328 g/mol. The monoisotopic (exact) mass is 328 g/mol. The Labute approximate surface area is 138 Å². The van der Waals surface area contributed by atoms with Crippen LogP contribution in [0.1, 0.15) is 12.0 Å². The van der Waals surface area contributed by atoms with Crippen LogP contribution < -0.4 is 4.74 Å². The normalized spacial score (nSPS) is 16.8. The van der Waals surface area contributed by atoms with Gasteiger partial charge in [0.15, 0.2) is 0 Å². The topological polar surface area (TPSA) is 98.5 Å². The zero-order chi connectivity index (χ0) is 16.9. The molecule has 124 valence electrons. The van der Waals surface area contributed by atoms with Crippen molar-refractivity contribution in [1.29, 1.82) is 0 Å². The van der Waals surface area contributed by atoms with Gasteiger partial charge in [-0.25, -0.2) is 4.98 Å². The highest BCUT2D eigenvalue weighted by Gasteiger charge is 2.29. The van der Waals surface area contributed by atoms with Crippen molar-refractivity contribution in [3.63, 3.8) is 0 Å². The molecule has 1 saturated heterocycles. The van der Waals surface area contributed by atoms with Crippen molar-refractivity contribution >= 4 is 11.6 Å². The summed E-state index contributed by atoms with van der Waals surface area (Å²) in [7, 11) is 0. The number of ether oxygens (including phenoxy) is 1. The van der Waals surface area contributed by atoms with Crippen LogP contribution in [0.15, 0.2) is 42.9 Å². The molecule has 1 unspecified atom stereocenters. The predicted molar refractivity (Wildman–Crippen MR) is 84.4 cm³/mol. The highest BCUT2D eigenvalue weighted by Crippen LogP contribution is 2.21. The van der Waals surface area contributed by atoms with Gasteiger partial charge in [0.25, 0.3) is 5.69 Å². The Balaban J connectivity index is 1.60. The summed E-state index contributed by atoms with van der Waals surface area (Å²) in [6.45, 7) is 1.00. The number of carbonyl (C=O) groups excluding carboxylic acids is 1. The SMILES string of the molecule is O=C(Cc1ccccc1[N+](=O)[O-])N1CCC(Oc2cnccn2)C1. The lowest BCUT2D eigenvalue weighted by molar-refractivity contribution is -0.385. The molecule has 0 N–H and O–H groups in total. The molecule has 1 aliphatic rings. The maximum absolute atomic E-state index is 12.4. The number of hydrogen-bond donors (Lipinski definition) is 0. The van der Waals surface area contributed by atoms with Gasteiger partial charge in [0.1, 0.15) is 6.10 Å². The van der Waals surface area contributed by atoms with Crippen LogP contribution in [0.5, 0.6) is 5.88 Å². The average Bonchev–Trinajstić information content (AvgIpc) is 3.05. The first-order valence-corrected chi connectivity index (χ1v) is 7.56. The van der Waals surface area contributed by atoms with Gasteiger partial charge in [0.2, 0.25) is 11.8 Å². The molecule has 0 saturated carbocycles. The molecule has 8 nitrogen and oxygen atoms in total. The van der Waals surface area contributed by atoms with E-state index in [2.05, 4.69) is 9.97 Å². The second-order valence-corrected chi connectivity index (χ2v) is 5.47. The first-order valence-electron chi connectivity index (χ1n) is 7.56. The van der Waals surface area contributed by atoms with E-state index >= 15 is 0 Å².